The summed E-state index contributed by atoms with van der Waals surface area (Å²) in [5.74, 6) is 1.44. The van der Waals surface area contributed by atoms with Crippen LogP contribution in [0.1, 0.15) is 12.5 Å². The molecule has 2 aromatic heterocycles. The van der Waals surface area contributed by atoms with Crippen molar-refractivity contribution < 1.29 is 4.74 Å². The van der Waals surface area contributed by atoms with Crippen LogP contribution in [0.4, 0.5) is 5.82 Å². The molecule has 2 heterocycles. The number of halogens is 1. The maximum Gasteiger partial charge on any atom is 0.218 e. The third-order valence-electron chi connectivity index (χ3n) is 3.17. The van der Waals surface area contributed by atoms with Gasteiger partial charge in [0.25, 0.3) is 0 Å². The van der Waals surface area contributed by atoms with Gasteiger partial charge in [-0.15, -0.1) is 0 Å². The normalized spacial score (nSPS) is 10.6. The van der Waals surface area contributed by atoms with Crippen molar-refractivity contribution in [2.24, 2.45) is 0 Å². The summed E-state index contributed by atoms with van der Waals surface area (Å²) in [4.78, 5) is 12.9. The highest BCUT2D eigenvalue weighted by Crippen LogP contribution is 2.24. The van der Waals surface area contributed by atoms with Crippen LogP contribution in [0.5, 0.6) is 5.88 Å². The minimum Gasteiger partial charge on any atom is -0.478 e. The van der Waals surface area contributed by atoms with Gasteiger partial charge in [-0.2, -0.15) is 0 Å². The Kier molecular flexibility index (Phi) is 4.48. The lowest BCUT2D eigenvalue weighted by atomic mass is 10.2. The number of fused-ring (bicyclic) bond motifs is 1. The zero-order chi connectivity index (χ0) is 15.4. The Bertz CT molecular complexity index is 794. The highest BCUT2D eigenvalue weighted by atomic mass is 79.9. The van der Waals surface area contributed by atoms with Gasteiger partial charge in [-0.3, -0.25) is 0 Å². The molecule has 22 heavy (non-hydrogen) atoms. The van der Waals surface area contributed by atoms with E-state index in [1.165, 1.54) is 0 Å². The number of pyridine rings is 1. The number of nitrogens with one attached hydrogen (secondary N) is 1. The monoisotopic (exact) mass is 358 g/mol. The molecule has 5 nitrogen and oxygen atoms in total. The highest BCUT2D eigenvalue weighted by Gasteiger charge is 2.07. The van der Waals surface area contributed by atoms with Crippen molar-refractivity contribution in [3.05, 3.63) is 52.9 Å². The van der Waals surface area contributed by atoms with Crippen LogP contribution in [0.3, 0.4) is 0 Å². The summed E-state index contributed by atoms with van der Waals surface area (Å²) < 4.78 is 6.54. The molecule has 0 aliphatic heterocycles. The Balaban J connectivity index is 1.87. The molecule has 0 spiro atoms. The Morgan fingerprint density at radius 2 is 2.09 bits per heavy atom. The first-order chi connectivity index (χ1) is 10.8. The molecule has 0 aliphatic rings. The van der Waals surface area contributed by atoms with Gasteiger partial charge >= 0.3 is 0 Å². The molecular formula is C16H15BrN4O. The first-order valence-corrected chi connectivity index (χ1v) is 7.78. The summed E-state index contributed by atoms with van der Waals surface area (Å²) in [6.07, 6.45) is 3.29. The van der Waals surface area contributed by atoms with Crippen LogP contribution in [-0.2, 0) is 6.54 Å². The van der Waals surface area contributed by atoms with Crippen molar-refractivity contribution in [1.29, 1.82) is 0 Å². The number of hydrogen-bond acceptors (Lipinski definition) is 5. The van der Waals surface area contributed by atoms with Crippen LogP contribution < -0.4 is 10.1 Å². The number of hydrogen-bond donors (Lipinski definition) is 1. The molecule has 3 rings (SSSR count). The van der Waals surface area contributed by atoms with E-state index in [0.717, 1.165) is 26.8 Å². The van der Waals surface area contributed by atoms with Gasteiger partial charge < -0.3 is 10.1 Å². The number of aromatic nitrogens is 3. The predicted molar refractivity (Wildman–Crippen MR) is 90.0 cm³/mol. The van der Waals surface area contributed by atoms with Gasteiger partial charge in [0, 0.05) is 28.2 Å². The second-order valence-corrected chi connectivity index (χ2v) is 5.55. The summed E-state index contributed by atoms with van der Waals surface area (Å²) in [7, 11) is 0. The molecule has 0 saturated carbocycles. The number of anilines is 1. The topological polar surface area (TPSA) is 59.9 Å². The number of nitrogens with zero attached hydrogens (tertiary/aromatic N) is 3. The molecule has 0 bridgehead atoms. The summed E-state index contributed by atoms with van der Waals surface area (Å²) in [5.41, 5.74) is 1.89. The van der Waals surface area contributed by atoms with E-state index >= 15 is 0 Å². The fourth-order valence-corrected chi connectivity index (χ4v) is 2.54. The van der Waals surface area contributed by atoms with Crippen molar-refractivity contribution >= 4 is 32.7 Å². The van der Waals surface area contributed by atoms with Crippen LogP contribution in [-0.4, -0.2) is 21.6 Å². The molecule has 0 radical (unpaired) electrons. The Morgan fingerprint density at radius 1 is 1.18 bits per heavy atom. The third kappa shape index (κ3) is 3.17. The number of benzene rings is 1. The minimum absolute atomic E-state index is 0.585. The molecular weight excluding hydrogens is 344 g/mol. The van der Waals surface area contributed by atoms with Gasteiger partial charge in [0.05, 0.1) is 12.1 Å². The fraction of sp³-hybridized carbons (Fsp3) is 0.188. The lowest BCUT2D eigenvalue weighted by Gasteiger charge is -2.11. The Labute approximate surface area is 136 Å². The molecule has 6 heteroatoms. The fourth-order valence-electron chi connectivity index (χ4n) is 2.17. The van der Waals surface area contributed by atoms with Gasteiger partial charge in [0.2, 0.25) is 5.88 Å². The van der Waals surface area contributed by atoms with Crippen LogP contribution in [0, 0.1) is 0 Å². The predicted octanol–water partition coefficient (Wildman–Crippen LogP) is 3.80. The van der Waals surface area contributed by atoms with E-state index in [2.05, 4.69) is 36.2 Å². The largest absolute Gasteiger partial charge is 0.478 e. The molecule has 0 unspecified atom stereocenters. The first kappa shape index (κ1) is 14.7. The summed E-state index contributed by atoms with van der Waals surface area (Å²) in [6.45, 7) is 3.12. The smallest absolute Gasteiger partial charge is 0.218 e. The average Bonchev–Trinajstić information content (AvgIpc) is 2.54. The van der Waals surface area contributed by atoms with Crippen LogP contribution in [0.15, 0.2) is 47.3 Å². The molecule has 1 N–H and O–H groups in total. The van der Waals surface area contributed by atoms with Gasteiger partial charge in [0.15, 0.2) is 0 Å². The van der Waals surface area contributed by atoms with E-state index in [1.54, 1.807) is 12.5 Å². The minimum atomic E-state index is 0.585. The van der Waals surface area contributed by atoms with E-state index < -0.39 is 0 Å². The molecule has 0 aliphatic carbocycles. The first-order valence-electron chi connectivity index (χ1n) is 6.98. The Hall–Kier alpha value is -2.21. The molecule has 0 amide bonds. The van der Waals surface area contributed by atoms with Gasteiger partial charge in [-0.05, 0) is 31.2 Å². The van der Waals surface area contributed by atoms with Crippen molar-refractivity contribution in [2.45, 2.75) is 13.5 Å². The molecule has 3 aromatic rings. The van der Waals surface area contributed by atoms with Crippen molar-refractivity contribution in [2.75, 3.05) is 11.9 Å². The van der Waals surface area contributed by atoms with E-state index in [1.807, 2.05) is 37.3 Å². The van der Waals surface area contributed by atoms with E-state index in [4.69, 9.17) is 4.74 Å². The summed E-state index contributed by atoms with van der Waals surface area (Å²) in [5, 5.41) is 4.31. The van der Waals surface area contributed by atoms with E-state index in [9.17, 15) is 0 Å². The quantitative estimate of drug-likeness (QED) is 0.751. The number of rotatable bonds is 5. The van der Waals surface area contributed by atoms with Crippen LogP contribution >= 0.6 is 15.9 Å². The standard InChI is InChI=1S/C16H15BrN4O/c1-2-22-16-11(4-3-7-18-16)9-19-15-13-8-12(17)5-6-14(13)20-10-21-15/h3-8,10H,2,9H2,1H3,(H,19,20,21). The summed E-state index contributed by atoms with van der Waals surface area (Å²) in [6, 6.07) is 9.82. The third-order valence-corrected chi connectivity index (χ3v) is 3.67. The average molecular weight is 359 g/mol. The molecule has 0 fully saturated rings. The lowest BCUT2D eigenvalue weighted by Crippen LogP contribution is -2.06. The van der Waals surface area contributed by atoms with Gasteiger partial charge in [-0.1, -0.05) is 22.0 Å². The van der Waals surface area contributed by atoms with E-state index in [-0.39, 0.29) is 0 Å². The SMILES string of the molecule is CCOc1ncccc1CNc1ncnc2ccc(Br)cc12. The summed E-state index contributed by atoms with van der Waals surface area (Å²) >= 11 is 3.48. The lowest BCUT2D eigenvalue weighted by molar-refractivity contribution is 0.323. The van der Waals surface area contributed by atoms with Crippen molar-refractivity contribution in [1.82, 2.24) is 15.0 Å². The molecule has 112 valence electrons. The second-order valence-electron chi connectivity index (χ2n) is 4.64. The zero-order valence-corrected chi connectivity index (χ0v) is 13.7. The second kappa shape index (κ2) is 6.70. The number of ether oxygens (including phenoxy) is 1. The maximum atomic E-state index is 5.54. The van der Waals surface area contributed by atoms with Crippen LogP contribution in [0.2, 0.25) is 0 Å². The van der Waals surface area contributed by atoms with Crippen molar-refractivity contribution in [3.63, 3.8) is 0 Å². The highest BCUT2D eigenvalue weighted by molar-refractivity contribution is 9.10. The van der Waals surface area contributed by atoms with Crippen molar-refractivity contribution in [3.8, 4) is 5.88 Å². The van der Waals surface area contributed by atoms with Gasteiger partial charge in [-0.25, -0.2) is 15.0 Å². The Morgan fingerprint density at radius 3 is 2.95 bits per heavy atom. The maximum absolute atomic E-state index is 5.54. The van der Waals surface area contributed by atoms with Crippen LogP contribution in [0.25, 0.3) is 10.9 Å². The zero-order valence-electron chi connectivity index (χ0n) is 12.1. The molecule has 0 saturated heterocycles. The van der Waals surface area contributed by atoms with E-state index in [0.29, 0.717) is 19.0 Å². The van der Waals surface area contributed by atoms with Gasteiger partial charge in [0.1, 0.15) is 12.1 Å². The molecule has 0 atom stereocenters. The molecule has 1 aromatic carbocycles.